The number of hydrogen-bond acceptors (Lipinski definition) is 6. The van der Waals surface area contributed by atoms with Crippen LogP contribution in [-0.2, 0) is 31.9 Å². The molecule has 0 heterocycles. The van der Waals surface area contributed by atoms with Gasteiger partial charge in [0.25, 0.3) is 0 Å². The maximum Gasteiger partial charge on any atom is 0.306 e. The number of ether oxygens (including phenoxy) is 2. The van der Waals surface area contributed by atoms with Crippen LogP contribution < -0.4 is 9.80 Å². The van der Waals surface area contributed by atoms with Gasteiger partial charge in [-0.1, -0.05) is 48.5 Å². The number of carbonyl (C=O) groups is 2. The molecule has 0 saturated carbocycles. The molecule has 6 aromatic rings. The van der Waals surface area contributed by atoms with Crippen LogP contribution in [0.25, 0.3) is 11.1 Å². The summed E-state index contributed by atoms with van der Waals surface area (Å²) in [6.07, 6.45) is 2.02. The van der Waals surface area contributed by atoms with Crippen LogP contribution in [0.2, 0.25) is 0 Å². The molecule has 0 amide bonds. The Kier molecular flexibility index (Phi) is 13.5. The largest absolute Gasteiger partial charge is 0.466 e. The molecule has 6 aromatic carbocycles. The van der Waals surface area contributed by atoms with E-state index >= 15 is 0 Å². The second-order valence-electron chi connectivity index (χ2n) is 15.2. The van der Waals surface area contributed by atoms with E-state index in [0.29, 0.717) is 38.9 Å². The van der Waals surface area contributed by atoms with Crippen molar-refractivity contribution < 1.29 is 19.1 Å². The summed E-state index contributed by atoms with van der Waals surface area (Å²) in [5, 5.41) is 0. The Balaban J connectivity index is 1.32. The topological polar surface area (TPSA) is 59.1 Å². The summed E-state index contributed by atoms with van der Waals surface area (Å²) in [5.74, 6) is -0.338. The zero-order chi connectivity index (χ0) is 41.3. The Hall–Kier alpha value is -6.14. The zero-order valence-corrected chi connectivity index (χ0v) is 35.3. The molecule has 0 unspecified atom stereocenters. The second kappa shape index (κ2) is 18.9. The van der Waals surface area contributed by atoms with Crippen LogP contribution in [0.1, 0.15) is 71.2 Å². The van der Waals surface area contributed by atoms with E-state index in [4.69, 9.17) is 9.47 Å². The highest BCUT2D eigenvalue weighted by atomic mass is 16.5. The smallest absolute Gasteiger partial charge is 0.306 e. The quantitative estimate of drug-likeness (QED) is 0.0969. The standard InChI is InChI=1S/C52H56N2O4/c1-9-57-51(55)29-17-41-13-23-45(24-14-41)53(47-21-11-35(3)37(5)33-47)49-27-19-43(31-39(49)7)44-20-28-50(40(8)32-44)54(48-22-12-36(4)38(6)34-48)46-25-15-42(16-26-46)18-30-52(56)58-10-2/h11-16,19-28,31-34H,9-10,17-18,29-30H2,1-8H3. The van der Waals surface area contributed by atoms with Gasteiger partial charge in [0.15, 0.2) is 0 Å². The first kappa shape index (κ1) is 41.5. The Morgan fingerprint density at radius 2 is 0.776 bits per heavy atom. The van der Waals surface area contributed by atoms with Gasteiger partial charge >= 0.3 is 11.9 Å². The van der Waals surface area contributed by atoms with Crippen LogP contribution in [0.4, 0.5) is 34.1 Å². The molecule has 0 bridgehead atoms. The number of nitrogens with zero attached hydrogens (tertiary/aromatic N) is 2. The predicted octanol–water partition coefficient (Wildman–Crippen LogP) is 13.1. The summed E-state index contributed by atoms with van der Waals surface area (Å²) in [6.45, 7) is 17.4. The third-order valence-corrected chi connectivity index (χ3v) is 10.9. The van der Waals surface area contributed by atoms with Gasteiger partial charge in [0.2, 0.25) is 0 Å². The van der Waals surface area contributed by atoms with E-state index in [1.807, 2.05) is 13.8 Å². The van der Waals surface area contributed by atoms with Crippen molar-refractivity contribution in [2.45, 2.75) is 81.1 Å². The van der Waals surface area contributed by atoms with E-state index < -0.39 is 0 Å². The highest BCUT2D eigenvalue weighted by Gasteiger charge is 2.19. The average molecular weight is 773 g/mol. The van der Waals surface area contributed by atoms with Gasteiger partial charge < -0.3 is 19.3 Å². The van der Waals surface area contributed by atoms with Crippen LogP contribution in [0.5, 0.6) is 0 Å². The van der Waals surface area contributed by atoms with Crippen LogP contribution in [0.3, 0.4) is 0 Å². The lowest BCUT2D eigenvalue weighted by atomic mass is 9.98. The minimum atomic E-state index is -0.169. The van der Waals surface area contributed by atoms with Crippen molar-refractivity contribution in [1.29, 1.82) is 0 Å². The molecule has 0 fully saturated rings. The predicted molar refractivity (Wildman–Crippen MR) is 240 cm³/mol. The molecule has 0 spiro atoms. The summed E-state index contributed by atoms with van der Waals surface area (Å²) < 4.78 is 10.3. The molecular formula is C52H56N2O4. The molecule has 6 rings (SSSR count). The zero-order valence-electron chi connectivity index (χ0n) is 35.3. The molecule has 0 aromatic heterocycles. The lowest BCUT2D eigenvalue weighted by Crippen LogP contribution is -2.12. The number of aryl methyl sites for hydroxylation is 8. The average Bonchev–Trinajstić information content (AvgIpc) is 3.21. The van der Waals surface area contributed by atoms with Gasteiger partial charge in [-0.25, -0.2) is 0 Å². The molecule has 0 aliphatic carbocycles. The monoisotopic (exact) mass is 772 g/mol. The lowest BCUT2D eigenvalue weighted by Gasteiger charge is -2.29. The van der Waals surface area contributed by atoms with E-state index in [1.54, 1.807) is 0 Å². The Bertz CT molecular complexity index is 2210. The summed E-state index contributed by atoms with van der Waals surface area (Å²) >= 11 is 0. The van der Waals surface area contributed by atoms with E-state index in [0.717, 1.165) is 67.5 Å². The first-order valence-corrected chi connectivity index (χ1v) is 20.4. The van der Waals surface area contributed by atoms with Gasteiger partial charge in [-0.15, -0.1) is 0 Å². The van der Waals surface area contributed by atoms with Gasteiger partial charge in [0, 0.05) is 47.0 Å². The number of rotatable bonds is 15. The molecule has 6 heteroatoms. The molecule has 0 aliphatic heterocycles. The lowest BCUT2D eigenvalue weighted by molar-refractivity contribution is -0.144. The Labute approximate surface area is 345 Å². The van der Waals surface area contributed by atoms with Crippen molar-refractivity contribution in [2.75, 3.05) is 23.0 Å². The maximum atomic E-state index is 12.0. The second-order valence-corrected chi connectivity index (χ2v) is 15.2. The van der Waals surface area contributed by atoms with Gasteiger partial charge in [0.05, 0.1) is 13.2 Å². The number of hydrogen-bond donors (Lipinski definition) is 0. The van der Waals surface area contributed by atoms with Crippen LogP contribution >= 0.6 is 0 Å². The molecule has 0 aliphatic rings. The number of carbonyl (C=O) groups excluding carboxylic acids is 2. The molecule has 58 heavy (non-hydrogen) atoms. The SMILES string of the molecule is CCOC(=O)CCc1ccc(N(c2ccc(C)c(C)c2)c2ccc(-c3ccc(N(c4ccc(CCC(=O)OCC)cc4)c4ccc(C)c(C)c4)c(C)c3)cc2C)cc1. The summed E-state index contributed by atoms with van der Waals surface area (Å²) in [4.78, 5) is 28.7. The number of anilines is 6. The van der Waals surface area contributed by atoms with E-state index in [2.05, 4.69) is 173 Å². The molecule has 0 N–H and O–H groups in total. The molecule has 0 atom stereocenters. The fraction of sp³-hybridized carbons (Fsp3) is 0.269. The van der Waals surface area contributed by atoms with Gasteiger partial charge in [-0.3, -0.25) is 9.59 Å². The highest BCUT2D eigenvalue weighted by molar-refractivity contribution is 5.84. The number of benzene rings is 6. The van der Waals surface area contributed by atoms with Crippen molar-refractivity contribution in [3.05, 3.63) is 166 Å². The Morgan fingerprint density at radius 3 is 1.10 bits per heavy atom. The number of esters is 2. The Morgan fingerprint density at radius 1 is 0.414 bits per heavy atom. The fourth-order valence-corrected chi connectivity index (χ4v) is 7.34. The van der Waals surface area contributed by atoms with Gasteiger partial charge in [-0.05, 0) is 197 Å². The summed E-state index contributed by atoms with van der Waals surface area (Å²) in [7, 11) is 0. The van der Waals surface area contributed by atoms with Crippen LogP contribution in [0, 0.1) is 41.5 Å². The fourth-order valence-electron chi connectivity index (χ4n) is 7.34. The van der Waals surface area contributed by atoms with Crippen molar-refractivity contribution in [3.8, 4) is 11.1 Å². The third kappa shape index (κ3) is 9.86. The van der Waals surface area contributed by atoms with Crippen LogP contribution in [-0.4, -0.2) is 25.2 Å². The van der Waals surface area contributed by atoms with E-state index in [-0.39, 0.29) is 11.9 Å². The molecule has 0 radical (unpaired) electrons. The normalized spacial score (nSPS) is 11.0. The van der Waals surface area contributed by atoms with Crippen molar-refractivity contribution in [3.63, 3.8) is 0 Å². The minimum absolute atomic E-state index is 0.169. The first-order valence-electron chi connectivity index (χ1n) is 20.4. The van der Waals surface area contributed by atoms with Gasteiger partial charge in [0.1, 0.15) is 0 Å². The van der Waals surface area contributed by atoms with Crippen molar-refractivity contribution in [2.24, 2.45) is 0 Å². The molecule has 6 nitrogen and oxygen atoms in total. The van der Waals surface area contributed by atoms with E-state index in [1.165, 1.54) is 22.3 Å². The highest BCUT2D eigenvalue weighted by Crippen LogP contribution is 2.41. The third-order valence-electron chi connectivity index (χ3n) is 10.9. The first-order chi connectivity index (χ1) is 27.9. The molecule has 298 valence electrons. The minimum Gasteiger partial charge on any atom is -0.466 e. The molecule has 0 saturated heterocycles. The van der Waals surface area contributed by atoms with E-state index in [9.17, 15) is 9.59 Å². The molecular weight excluding hydrogens is 717 g/mol. The van der Waals surface area contributed by atoms with Crippen molar-refractivity contribution in [1.82, 2.24) is 0 Å². The van der Waals surface area contributed by atoms with Gasteiger partial charge in [-0.2, -0.15) is 0 Å². The van der Waals surface area contributed by atoms with Crippen LogP contribution in [0.15, 0.2) is 121 Å². The summed E-state index contributed by atoms with van der Waals surface area (Å²) in [6, 6.07) is 43.7. The maximum absolute atomic E-state index is 12.0. The summed E-state index contributed by atoms with van der Waals surface area (Å²) in [5.41, 5.74) is 18.3. The van der Waals surface area contributed by atoms with Crippen molar-refractivity contribution >= 4 is 46.1 Å².